The third kappa shape index (κ3) is 6.16. The van der Waals surface area contributed by atoms with Crippen LogP contribution in [0.3, 0.4) is 0 Å². The highest BCUT2D eigenvalue weighted by Crippen LogP contribution is 2.42. The normalized spacial score (nSPS) is 25.5. The molecule has 0 bridgehead atoms. The number of Topliss-reactive ketones (excluding diaryl/α,β-unsaturated/α-hetero) is 1. The molecular formula is C30H28O12. The van der Waals surface area contributed by atoms with Crippen molar-refractivity contribution in [2.45, 2.75) is 43.2 Å². The maximum Gasteiger partial charge on any atom is 0.331 e. The Morgan fingerprint density at radius 2 is 1.62 bits per heavy atom. The van der Waals surface area contributed by atoms with Gasteiger partial charge >= 0.3 is 5.97 Å². The molecule has 42 heavy (non-hydrogen) atoms. The van der Waals surface area contributed by atoms with E-state index in [4.69, 9.17) is 18.9 Å². The van der Waals surface area contributed by atoms with Gasteiger partial charge in [0.1, 0.15) is 58.7 Å². The van der Waals surface area contributed by atoms with Gasteiger partial charge in [0.15, 0.2) is 11.9 Å². The number of phenols is 3. The molecule has 6 N–H and O–H groups in total. The minimum absolute atomic E-state index is 0.0103. The van der Waals surface area contributed by atoms with E-state index in [0.717, 1.165) is 12.1 Å². The number of rotatable bonds is 7. The summed E-state index contributed by atoms with van der Waals surface area (Å²) in [5.41, 5.74) is 1.16. The third-order valence-electron chi connectivity index (χ3n) is 6.87. The lowest BCUT2D eigenvalue weighted by molar-refractivity contribution is -0.280. The SMILES string of the molecule is O=C(/C=C/c1ccc(O)cc1)O[C@@H]1[C@@H](O)[C@H](O)[C@@H](Oc2cc(O)c3c(c2)O[C@H](c2ccc(O)cc2)CC3=O)O[C@H]1CO. The van der Waals surface area contributed by atoms with Crippen LogP contribution in [0.1, 0.15) is 34.0 Å². The second kappa shape index (κ2) is 12.1. The van der Waals surface area contributed by atoms with Crippen molar-refractivity contribution in [3.8, 4) is 28.7 Å². The third-order valence-corrected chi connectivity index (χ3v) is 6.87. The number of ketones is 1. The molecule has 0 saturated carbocycles. The standard InChI is InChI=1S/C30H28O12/c31-14-24-29(42-25(36)10-3-15-1-6-17(32)7-2-15)27(37)28(38)30(41-24)39-19-11-20(34)26-21(35)13-22(40-23(26)12-19)16-4-8-18(33)9-5-16/h1-12,22,24,27-34,37-38H,13-14H2/b10-3+/t22-,24-,27-,28-,29-,30-/m0/s1. The summed E-state index contributed by atoms with van der Waals surface area (Å²) < 4.78 is 22.5. The van der Waals surface area contributed by atoms with Crippen molar-refractivity contribution in [1.29, 1.82) is 0 Å². The summed E-state index contributed by atoms with van der Waals surface area (Å²) in [6.07, 6.45) is -6.05. The van der Waals surface area contributed by atoms with Crippen LogP contribution in [-0.4, -0.2) is 79.7 Å². The van der Waals surface area contributed by atoms with E-state index in [1.165, 1.54) is 36.4 Å². The first-order chi connectivity index (χ1) is 20.1. The summed E-state index contributed by atoms with van der Waals surface area (Å²) in [5, 5.41) is 60.8. The van der Waals surface area contributed by atoms with Crippen LogP contribution in [-0.2, 0) is 14.3 Å². The van der Waals surface area contributed by atoms with E-state index in [0.29, 0.717) is 11.1 Å². The highest BCUT2D eigenvalue weighted by atomic mass is 16.7. The van der Waals surface area contributed by atoms with Gasteiger partial charge in [-0.05, 0) is 41.5 Å². The zero-order valence-corrected chi connectivity index (χ0v) is 21.9. The van der Waals surface area contributed by atoms with Crippen molar-refractivity contribution in [3.05, 3.63) is 83.4 Å². The maximum atomic E-state index is 12.8. The Labute approximate surface area is 239 Å². The lowest BCUT2D eigenvalue weighted by Gasteiger charge is -2.41. The van der Waals surface area contributed by atoms with Gasteiger partial charge in [-0.2, -0.15) is 0 Å². The lowest BCUT2D eigenvalue weighted by Crippen LogP contribution is -2.61. The molecule has 220 valence electrons. The second-order valence-corrected chi connectivity index (χ2v) is 9.79. The molecule has 0 spiro atoms. The molecule has 3 aromatic rings. The van der Waals surface area contributed by atoms with E-state index in [1.54, 1.807) is 24.3 Å². The minimum atomic E-state index is -1.75. The molecule has 3 aromatic carbocycles. The van der Waals surface area contributed by atoms with Crippen molar-refractivity contribution in [3.63, 3.8) is 0 Å². The number of hydrogen-bond acceptors (Lipinski definition) is 12. The Bertz CT molecular complexity index is 1460. The predicted molar refractivity (Wildman–Crippen MR) is 144 cm³/mol. The number of aromatic hydroxyl groups is 3. The molecule has 2 heterocycles. The van der Waals surface area contributed by atoms with E-state index in [2.05, 4.69) is 0 Å². The monoisotopic (exact) mass is 580 g/mol. The number of carbonyl (C=O) groups is 2. The number of ether oxygens (including phenoxy) is 4. The quantitative estimate of drug-likeness (QED) is 0.176. The largest absolute Gasteiger partial charge is 0.508 e. The highest BCUT2D eigenvalue weighted by Gasteiger charge is 2.47. The van der Waals surface area contributed by atoms with Crippen LogP contribution in [0.25, 0.3) is 6.08 Å². The first-order valence-electron chi connectivity index (χ1n) is 13.0. The number of aliphatic hydroxyl groups excluding tert-OH is 3. The molecule has 0 amide bonds. The van der Waals surface area contributed by atoms with E-state index >= 15 is 0 Å². The molecule has 2 aliphatic rings. The van der Waals surface area contributed by atoms with Crippen molar-refractivity contribution in [2.75, 3.05) is 6.61 Å². The Morgan fingerprint density at radius 1 is 0.952 bits per heavy atom. The summed E-state index contributed by atoms with van der Waals surface area (Å²) in [7, 11) is 0. The fourth-order valence-electron chi connectivity index (χ4n) is 4.71. The fraction of sp³-hybridized carbons (Fsp3) is 0.267. The number of esters is 1. The van der Waals surface area contributed by atoms with Crippen LogP contribution < -0.4 is 9.47 Å². The van der Waals surface area contributed by atoms with Crippen LogP contribution in [0.5, 0.6) is 28.7 Å². The first-order valence-corrected chi connectivity index (χ1v) is 13.0. The lowest BCUT2D eigenvalue weighted by atomic mass is 9.95. The Morgan fingerprint density at radius 3 is 2.29 bits per heavy atom. The average Bonchev–Trinajstić information content (AvgIpc) is 2.96. The summed E-state index contributed by atoms with van der Waals surface area (Å²) >= 11 is 0. The molecule has 2 aliphatic heterocycles. The molecule has 0 unspecified atom stereocenters. The number of phenolic OH excluding ortho intramolecular Hbond substituents is 3. The number of carbonyl (C=O) groups excluding carboxylic acids is 2. The summed E-state index contributed by atoms with van der Waals surface area (Å²) in [6, 6.07) is 14.5. The van der Waals surface area contributed by atoms with Crippen LogP contribution in [0.15, 0.2) is 66.7 Å². The van der Waals surface area contributed by atoms with E-state index in [9.17, 15) is 40.2 Å². The van der Waals surface area contributed by atoms with E-state index in [-0.39, 0.29) is 40.8 Å². The van der Waals surface area contributed by atoms with Crippen LogP contribution in [0.2, 0.25) is 0 Å². The zero-order chi connectivity index (χ0) is 30.0. The van der Waals surface area contributed by atoms with Gasteiger partial charge in [0, 0.05) is 18.2 Å². The minimum Gasteiger partial charge on any atom is -0.508 e. The predicted octanol–water partition coefficient (Wildman–Crippen LogP) is 1.95. The molecular weight excluding hydrogens is 552 g/mol. The van der Waals surface area contributed by atoms with Gasteiger partial charge in [0.05, 0.1) is 13.0 Å². The topological polar surface area (TPSA) is 192 Å². The molecule has 0 aliphatic carbocycles. The van der Waals surface area contributed by atoms with Gasteiger partial charge in [-0.3, -0.25) is 4.79 Å². The second-order valence-electron chi connectivity index (χ2n) is 9.79. The van der Waals surface area contributed by atoms with E-state index in [1.807, 2.05) is 0 Å². The van der Waals surface area contributed by atoms with Gasteiger partial charge in [-0.25, -0.2) is 4.79 Å². The van der Waals surface area contributed by atoms with Crippen LogP contribution in [0, 0.1) is 0 Å². The van der Waals surface area contributed by atoms with Gasteiger partial charge in [-0.1, -0.05) is 24.3 Å². The zero-order valence-electron chi connectivity index (χ0n) is 21.9. The van der Waals surface area contributed by atoms with Gasteiger partial charge in [0.25, 0.3) is 0 Å². The van der Waals surface area contributed by atoms with Crippen molar-refractivity contribution in [2.24, 2.45) is 0 Å². The molecule has 1 saturated heterocycles. The summed E-state index contributed by atoms with van der Waals surface area (Å²) in [6.45, 7) is -0.704. The van der Waals surface area contributed by atoms with Gasteiger partial charge in [-0.15, -0.1) is 0 Å². The smallest absolute Gasteiger partial charge is 0.331 e. The van der Waals surface area contributed by atoms with Crippen molar-refractivity contribution >= 4 is 17.8 Å². The Hall–Kier alpha value is -4.62. The first kappa shape index (κ1) is 28.9. The Kier molecular flexibility index (Phi) is 8.31. The number of aliphatic hydroxyl groups is 3. The maximum absolute atomic E-state index is 12.8. The molecule has 0 aromatic heterocycles. The molecule has 5 rings (SSSR count). The summed E-state index contributed by atoms with van der Waals surface area (Å²) in [4.78, 5) is 25.2. The molecule has 6 atom stereocenters. The fourth-order valence-corrected chi connectivity index (χ4v) is 4.71. The van der Waals surface area contributed by atoms with Crippen molar-refractivity contribution in [1.82, 2.24) is 0 Å². The van der Waals surface area contributed by atoms with E-state index < -0.39 is 55.1 Å². The number of fused-ring (bicyclic) bond motifs is 1. The highest BCUT2D eigenvalue weighted by molar-refractivity contribution is 6.02. The molecule has 0 radical (unpaired) electrons. The average molecular weight is 581 g/mol. The molecule has 1 fully saturated rings. The number of hydrogen-bond donors (Lipinski definition) is 6. The Balaban J connectivity index is 1.28. The van der Waals surface area contributed by atoms with Gasteiger partial charge in [0.2, 0.25) is 6.29 Å². The number of benzene rings is 3. The van der Waals surface area contributed by atoms with Crippen LogP contribution in [0.4, 0.5) is 0 Å². The van der Waals surface area contributed by atoms with Crippen molar-refractivity contribution < 1.29 is 59.2 Å². The summed E-state index contributed by atoms with van der Waals surface area (Å²) in [5.74, 6) is -1.67. The van der Waals surface area contributed by atoms with Crippen LogP contribution >= 0.6 is 0 Å². The molecule has 12 heteroatoms. The van der Waals surface area contributed by atoms with Gasteiger partial charge < -0.3 is 49.6 Å². The molecule has 12 nitrogen and oxygen atoms in total.